The van der Waals surface area contributed by atoms with Crippen molar-refractivity contribution >= 4 is 11.2 Å². The van der Waals surface area contributed by atoms with Gasteiger partial charge < -0.3 is 9.29 Å². The SMILES string of the molecule is C[S+]([O-])CC1CCOC1. The van der Waals surface area contributed by atoms with E-state index in [9.17, 15) is 4.55 Å². The third-order valence-electron chi connectivity index (χ3n) is 1.49. The van der Waals surface area contributed by atoms with Gasteiger partial charge in [0.2, 0.25) is 0 Å². The van der Waals surface area contributed by atoms with Gasteiger partial charge in [0.15, 0.2) is 0 Å². The first-order valence-electron chi connectivity index (χ1n) is 3.17. The summed E-state index contributed by atoms with van der Waals surface area (Å²) in [5.74, 6) is 1.39. The minimum absolute atomic E-state index is 0.566. The van der Waals surface area contributed by atoms with Crippen LogP contribution in [0.5, 0.6) is 0 Å². The van der Waals surface area contributed by atoms with Crippen LogP contribution in [0.2, 0.25) is 0 Å². The largest absolute Gasteiger partial charge is 0.617 e. The van der Waals surface area contributed by atoms with E-state index in [1.54, 1.807) is 6.26 Å². The molecule has 0 aromatic rings. The van der Waals surface area contributed by atoms with Gasteiger partial charge >= 0.3 is 0 Å². The highest BCUT2D eigenvalue weighted by Crippen LogP contribution is 2.13. The molecule has 2 unspecified atom stereocenters. The normalized spacial score (nSPS) is 30.7. The standard InChI is InChI=1S/C6H12O2S/c1-9(7)5-6-2-3-8-4-6/h6H,2-5H2,1H3. The zero-order chi connectivity index (χ0) is 6.69. The molecule has 0 saturated carbocycles. The molecule has 2 nitrogen and oxygen atoms in total. The maximum absolute atomic E-state index is 10.7. The van der Waals surface area contributed by atoms with Gasteiger partial charge in [0.05, 0.1) is 12.9 Å². The minimum atomic E-state index is -0.635. The van der Waals surface area contributed by atoms with Crippen LogP contribution in [-0.4, -0.2) is 29.8 Å². The van der Waals surface area contributed by atoms with Crippen LogP contribution in [-0.2, 0) is 15.9 Å². The molecule has 0 amide bonds. The number of hydrogen-bond acceptors (Lipinski definition) is 2. The molecule has 0 N–H and O–H groups in total. The molecular weight excluding hydrogens is 136 g/mol. The van der Waals surface area contributed by atoms with Gasteiger partial charge in [-0.2, -0.15) is 0 Å². The van der Waals surface area contributed by atoms with Gasteiger partial charge in [-0.1, -0.05) is 11.2 Å². The molecular formula is C6H12O2S. The second kappa shape index (κ2) is 3.44. The molecule has 2 atom stereocenters. The minimum Gasteiger partial charge on any atom is -0.617 e. The predicted octanol–water partition coefficient (Wildman–Crippen LogP) is 0.401. The molecule has 1 aliphatic heterocycles. The summed E-state index contributed by atoms with van der Waals surface area (Å²) in [6, 6.07) is 0. The van der Waals surface area contributed by atoms with Gasteiger partial charge in [0.25, 0.3) is 0 Å². The molecule has 0 aromatic carbocycles. The molecule has 54 valence electrons. The molecule has 1 heterocycles. The first kappa shape index (κ1) is 7.38. The van der Waals surface area contributed by atoms with Crippen LogP contribution in [0.1, 0.15) is 6.42 Å². The van der Waals surface area contributed by atoms with Crippen molar-refractivity contribution in [2.45, 2.75) is 6.42 Å². The fourth-order valence-electron chi connectivity index (χ4n) is 1.05. The Morgan fingerprint density at radius 1 is 1.78 bits per heavy atom. The van der Waals surface area contributed by atoms with E-state index in [-0.39, 0.29) is 0 Å². The second-order valence-electron chi connectivity index (χ2n) is 2.47. The summed E-state index contributed by atoms with van der Waals surface area (Å²) in [6.45, 7) is 1.68. The Labute approximate surface area is 58.8 Å². The molecule has 3 heteroatoms. The summed E-state index contributed by atoms with van der Waals surface area (Å²) < 4.78 is 15.8. The number of rotatable bonds is 2. The van der Waals surface area contributed by atoms with Gasteiger partial charge in [-0.3, -0.25) is 0 Å². The molecule has 1 rings (SSSR count). The van der Waals surface area contributed by atoms with E-state index in [4.69, 9.17) is 4.74 Å². The highest BCUT2D eigenvalue weighted by Gasteiger charge is 2.19. The zero-order valence-corrected chi connectivity index (χ0v) is 6.45. The summed E-state index contributed by atoms with van der Waals surface area (Å²) in [5, 5.41) is 0. The van der Waals surface area contributed by atoms with Crippen molar-refractivity contribution in [3.63, 3.8) is 0 Å². The molecule has 0 radical (unpaired) electrons. The van der Waals surface area contributed by atoms with Crippen molar-refractivity contribution in [1.82, 2.24) is 0 Å². The maximum atomic E-state index is 10.7. The van der Waals surface area contributed by atoms with Crippen molar-refractivity contribution in [2.24, 2.45) is 5.92 Å². The van der Waals surface area contributed by atoms with E-state index < -0.39 is 11.2 Å². The first-order valence-corrected chi connectivity index (χ1v) is 4.89. The summed E-state index contributed by atoms with van der Waals surface area (Å²) in [6.07, 6.45) is 2.85. The lowest BCUT2D eigenvalue weighted by Gasteiger charge is -2.08. The van der Waals surface area contributed by atoms with E-state index in [2.05, 4.69) is 0 Å². The van der Waals surface area contributed by atoms with E-state index in [0.29, 0.717) is 5.92 Å². The van der Waals surface area contributed by atoms with Crippen molar-refractivity contribution in [1.29, 1.82) is 0 Å². The highest BCUT2D eigenvalue weighted by atomic mass is 32.2. The molecule has 1 saturated heterocycles. The summed E-state index contributed by atoms with van der Waals surface area (Å²) in [7, 11) is 0. The average molecular weight is 148 g/mol. The number of hydrogen-bond donors (Lipinski definition) is 0. The Morgan fingerprint density at radius 2 is 2.56 bits per heavy atom. The first-order chi connectivity index (χ1) is 4.29. The number of ether oxygens (including phenoxy) is 1. The lowest BCUT2D eigenvalue weighted by molar-refractivity contribution is 0.188. The average Bonchev–Trinajstić information content (AvgIpc) is 2.15. The molecule has 1 aliphatic rings. The zero-order valence-electron chi connectivity index (χ0n) is 5.63. The summed E-state index contributed by atoms with van der Waals surface area (Å²) >= 11 is -0.635. The Hall–Kier alpha value is 0.270. The molecule has 0 aliphatic carbocycles. The highest BCUT2D eigenvalue weighted by molar-refractivity contribution is 7.90. The van der Waals surface area contributed by atoms with Gasteiger partial charge in [0.1, 0.15) is 5.75 Å². The van der Waals surface area contributed by atoms with E-state index >= 15 is 0 Å². The Bertz CT molecular complexity index is 79.1. The van der Waals surface area contributed by atoms with Gasteiger partial charge in [-0.15, -0.1) is 0 Å². The monoisotopic (exact) mass is 148 g/mol. The van der Waals surface area contributed by atoms with Crippen LogP contribution in [0, 0.1) is 5.92 Å². The Kier molecular flexibility index (Phi) is 2.82. The van der Waals surface area contributed by atoms with Gasteiger partial charge in [-0.05, 0) is 6.42 Å². The van der Waals surface area contributed by atoms with Gasteiger partial charge in [-0.25, -0.2) is 0 Å². The van der Waals surface area contributed by atoms with Crippen LogP contribution < -0.4 is 0 Å². The quantitative estimate of drug-likeness (QED) is 0.531. The Balaban J connectivity index is 2.11. The maximum Gasteiger partial charge on any atom is 0.110 e. The molecule has 0 aromatic heterocycles. The fraction of sp³-hybridized carbons (Fsp3) is 1.00. The van der Waals surface area contributed by atoms with Crippen molar-refractivity contribution < 1.29 is 9.29 Å². The third-order valence-corrected chi connectivity index (χ3v) is 2.44. The van der Waals surface area contributed by atoms with Gasteiger partial charge in [0, 0.05) is 12.5 Å². The van der Waals surface area contributed by atoms with E-state index in [1.807, 2.05) is 0 Å². The van der Waals surface area contributed by atoms with Crippen LogP contribution in [0.3, 0.4) is 0 Å². The topological polar surface area (TPSA) is 32.3 Å². The molecule has 1 fully saturated rings. The van der Waals surface area contributed by atoms with Crippen molar-refractivity contribution in [3.8, 4) is 0 Å². The summed E-state index contributed by atoms with van der Waals surface area (Å²) in [4.78, 5) is 0. The van der Waals surface area contributed by atoms with Crippen LogP contribution in [0.25, 0.3) is 0 Å². The van der Waals surface area contributed by atoms with Crippen LogP contribution in [0.4, 0.5) is 0 Å². The smallest absolute Gasteiger partial charge is 0.110 e. The lowest BCUT2D eigenvalue weighted by Crippen LogP contribution is -2.14. The van der Waals surface area contributed by atoms with Crippen molar-refractivity contribution in [3.05, 3.63) is 0 Å². The van der Waals surface area contributed by atoms with Crippen molar-refractivity contribution in [2.75, 3.05) is 25.2 Å². The van der Waals surface area contributed by atoms with E-state index in [0.717, 1.165) is 25.4 Å². The summed E-state index contributed by atoms with van der Waals surface area (Å²) in [5.41, 5.74) is 0. The predicted molar refractivity (Wildman–Crippen MR) is 37.9 cm³/mol. The molecule has 9 heavy (non-hydrogen) atoms. The molecule has 0 bridgehead atoms. The fourth-order valence-corrected chi connectivity index (χ4v) is 1.97. The van der Waals surface area contributed by atoms with Crippen LogP contribution >= 0.6 is 0 Å². The second-order valence-corrected chi connectivity index (χ2v) is 3.95. The molecule has 0 spiro atoms. The Morgan fingerprint density at radius 3 is 3.00 bits per heavy atom. The third kappa shape index (κ3) is 2.56. The van der Waals surface area contributed by atoms with Crippen LogP contribution in [0.15, 0.2) is 0 Å². The lowest BCUT2D eigenvalue weighted by atomic mass is 10.2. The van der Waals surface area contributed by atoms with E-state index in [1.165, 1.54) is 0 Å².